The van der Waals surface area contributed by atoms with Gasteiger partial charge in [0.1, 0.15) is 10.7 Å². The van der Waals surface area contributed by atoms with Crippen LogP contribution in [0.5, 0.6) is 0 Å². The fourth-order valence-electron chi connectivity index (χ4n) is 2.55. The summed E-state index contributed by atoms with van der Waals surface area (Å²) in [7, 11) is 0. The van der Waals surface area contributed by atoms with Crippen LogP contribution in [0.4, 0.5) is 5.88 Å². The topological polar surface area (TPSA) is 71.5 Å². The zero-order valence-electron chi connectivity index (χ0n) is 12.0. The molecule has 1 aliphatic heterocycles. The molecule has 1 aromatic rings. The number of rotatable bonds is 7. The van der Waals surface area contributed by atoms with Gasteiger partial charge in [-0.15, -0.1) is 0 Å². The number of nitrogens with one attached hydrogen (secondary N) is 1. The second kappa shape index (κ2) is 7.40. The first-order chi connectivity index (χ1) is 9.69. The molecule has 0 aromatic carbocycles. The summed E-state index contributed by atoms with van der Waals surface area (Å²) in [6.07, 6.45) is 4.78. The van der Waals surface area contributed by atoms with Crippen molar-refractivity contribution in [2.75, 3.05) is 19.6 Å². The molecule has 1 aromatic heterocycles. The van der Waals surface area contributed by atoms with Gasteiger partial charge in [-0.1, -0.05) is 13.3 Å². The highest BCUT2D eigenvalue weighted by Gasteiger charge is 2.19. The van der Waals surface area contributed by atoms with Gasteiger partial charge in [-0.2, -0.15) is 0 Å². The average Bonchev–Trinajstić information content (AvgIpc) is 2.93. The molecular weight excluding hydrogens is 258 g/mol. The second-order valence-corrected chi connectivity index (χ2v) is 5.35. The third kappa shape index (κ3) is 4.31. The van der Waals surface area contributed by atoms with Gasteiger partial charge < -0.3 is 14.6 Å². The van der Waals surface area contributed by atoms with E-state index in [4.69, 9.17) is 4.42 Å². The molecule has 1 N–H and O–H groups in total. The van der Waals surface area contributed by atoms with E-state index in [0.29, 0.717) is 18.3 Å². The fourth-order valence-corrected chi connectivity index (χ4v) is 2.55. The standard InChI is InChI=1S/C14H23N3O3/c1-2-3-8-16-9-6-12(7-10-16)15-11-13-4-5-14(20-13)17(18)19/h4-5,12,15H,2-3,6-11H2,1H3. The van der Waals surface area contributed by atoms with Gasteiger partial charge in [0.05, 0.1) is 12.6 Å². The molecule has 6 heteroatoms. The van der Waals surface area contributed by atoms with Crippen LogP contribution in [0.2, 0.25) is 0 Å². The molecule has 0 aliphatic carbocycles. The molecule has 0 atom stereocenters. The summed E-state index contributed by atoms with van der Waals surface area (Å²) in [5.41, 5.74) is 0. The minimum absolute atomic E-state index is 0.184. The van der Waals surface area contributed by atoms with Gasteiger partial charge in [-0.05, 0) is 45.0 Å². The number of unbranched alkanes of at least 4 members (excludes halogenated alkanes) is 1. The van der Waals surface area contributed by atoms with Crippen molar-refractivity contribution in [3.8, 4) is 0 Å². The normalized spacial score (nSPS) is 17.4. The van der Waals surface area contributed by atoms with Gasteiger partial charge in [0, 0.05) is 6.04 Å². The molecule has 2 rings (SSSR count). The fraction of sp³-hybridized carbons (Fsp3) is 0.714. The lowest BCUT2D eigenvalue weighted by atomic mass is 10.0. The van der Waals surface area contributed by atoms with Crippen LogP contribution in [-0.4, -0.2) is 35.5 Å². The lowest BCUT2D eigenvalue weighted by Gasteiger charge is -2.32. The van der Waals surface area contributed by atoms with E-state index >= 15 is 0 Å². The van der Waals surface area contributed by atoms with Crippen molar-refractivity contribution >= 4 is 5.88 Å². The van der Waals surface area contributed by atoms with Gasteiger partial charge in [0.25, 0.3) is 0 Å². The van der Waals surface area contributed by atoms with E-state index in [1.165, 1.54) is 25.5 Å². The molecule has 0 saturated carbocycles. The molecule has 0 spiro atoms. The van der Waals surface area contributed by atoms with Gasteiger partial charge in [0.2, 0.25) is 0 Å². The Morgan fingerprint density at radius 2 is 2.20 bits per heavy atom. The Hall–Kier alpha value is -1.40. The van der Waals surface area contributed by atoms with Crippen molar-refractivity contribution in [3.63, 3.8) is 0 Å². The van der Waals surface area contributed by atoms with Crippen molar-refractivity contribution in [1.29, 1.82) is 0 Å². The minimum atomic E-state index is -0.504. The number of nitro groups is 1. The summed E-state index contributed by atoms with van der Waals surface area (Å²) < 4.78 is 5.14. The molecule has 112 valence electrons. The smallest absolute Gasteiger partial charge is 0.404 e. The molecule has 1 fully saturated rings. The minimum Gasteiger partial charge on any atom is -0.404 e. The Bertz CT molecular complexity index is 425. The van der Waals surface area contributed by atoms with Crippen LogP contribution in [0, 0.1) is 10.1 Å². The molecule has 1 saturated heterocycles. The summed E-state index contributed by atoms with van der Waals surface area (Å²) >= 11 is 0. The van der Waals surface area contributed by atoms with Gasteiger partial charge in [-0.25, -0.2) is 0 Å². The number of hydrogen-bond donors (Lipinski definition) is 1. The summed E-state index contributed by atoms with van der Waals surface area (Å²) in [6.45, 7) is 6.25. The summed E-state index contributed by atoms with van der Waals surface area (Å²) in [4.78, 5) is 12.5. The molecular formula is C14H23N3O3. The first-order valence-electron chi connectivity index (χ1n) is 7.38. The van der Waals surface area contributed by atoms with E-state index in [9.17, 15) is 10.1 Å². The number of furan rings is 1. The van der Waals surface area contributed by atoms with E-state index < -0.39 is 4.92 Å². The van der Waals surface area contributed by atoms with E-state index in [1.54, 1.807) is 6.07 Å². The van der Waals surface area contributed by atoms with E-state index in [-0.39, 0.29) is 5.88 Å². The Kier molecular flexibility index (Phi) is 5.55. The molecule has 6 nitrogen and oxygen atoms in total. The maximum atomic E-state index is 10.5. The van der Waals surface area contributed by atoms with Crippen molar-refractivity contribution in [3.05, 3.63) is 28.0 Å². The summed E-state index contributed by atoms with van der Waals surface area (Å²) in [5, 5.41) is 14.0. The molecule has 0 amide bonds. The number of nitrogens with zero attached hydrogens (tertiary/aromatic N) is 2. The lowest BCUT2D eigenvalue weighted by Crippen LogP contribution is -2.42. The predicted molar refractivity (Wildman–Crippen MR) is 76.6 cm³/mol. The highest BCUT2D eigenvalue weighted by Crippen LogP contribution is 2.16. The van der Waals surface area contributed by atoms with Crippen molar-refractivity contribution in [2.45, 2.75) is 45.2 Å². The van der Waals surface area contributed by atoms with Crippen LogP contribution in [-0.2, 0) is 6.54 Å². The zero-order valence-corrected chi connectivity index (χ0v) is 12.0. The van der Waals surface area contributed by atoms with Crippen LogP contribution in [0.1, 0.15) is 38.4 Å². The Morgan fingerprint density at radius 1 is 1.45 bits per heavy atom. The Morgan fingerprint density at radius 3 is 2.80 bits per heavy atom. The predicted octanol–water partition coefficient (Wildman–Crippen LogP) is 2.54. The SMILES string of the molecule is CCCCN1CCC(NCc2ccc([N+](=O)[O-])o2)CC1. The van der Waals surface area contributed by atoms with Crippen molar-refractivity contribution in [2.24, 2.45) is 0 Å². The Balaban J connectivity index is 1.69. The van der Waals surface area contributed by atoms with Gasteiger partial charge in [-0.3, -0.25) is 10.1 Å². The third-order valence-corrected chi connectivity index (χ3v) is 3.81. The average molecular weight is 281 g/mol. The Labute approximate surface area is 119 Å². The van der Waals surface area contributed by atoms with Gasteiger partial charge >= 0.3 is 5.88 Å². The maximum Gasteiger partial charge on any atom is 0.433 e. The third-order valence-electron chi connectivity index (χ3n) is 3.81. The molecule has 0 bridgehead atoms. The van der Waals surface area contributed by atoms with E-state index in [2.05, 4.69) is 17.1 Å². The van der Waals surface area contributed by atoms with E-state index in [0.717, 1.165) is 25.9 Å². The number of likely N-dealkylation sites (tertiary alicyclic amines) is 1. The molecule has 2 heterocycles. The number of hydrogen-bond acceptors (Lipinski definition) is 5. The van der Waals surface area contributed by atoms with Crippen LogP contribution in [0.25, 0.3) is 0 Å². The monoisotopic (exact) mass is 281 g/mol. The first kappa shape index (κ1) is 15.0. The largest absolute Gasteiger partial charge is 0.433 e. The molecule has 20 heavy (non-hydrogen) atoms. The molecule has 0 radical (unpaired) electrons. The lowest BCUT2D eigenvalue weighted by molar-refractivity contribution is -0.402. The first-order valence-corrected chi connectivity index (χ1v) is 7.38. The van der Waals surface area contributed by atoms with Gasteiger partial charge in [0.15, 0.2) is 0 Å². The van der Waals surface area contributed by atoms with Crippen LogP contribution in [0.15, 0.2) is 16.5 Å². The second-order valence-electron chi connectivity index (χ2n) is 5.35. The van der Waals surface area contributed by atoms with E-state index in [1.807, 2.05) is 0 Å². The maximum absolute atomic E-state index is 10.5. The molecule has 0 unspecified atom stereocenters. The van der Waals surface area contributed by atoms with Crippen molar-refractivity contribution in [1.82, 2.24) is 10.2 Å². The van der Waals surface area contributed by atoms with Crippen LogP contribution in [0.3, 0.4) is 0 Å². The zero-order chi connectivity index (χ0) is 14.4. The number of piperidine rings is 1. The summed E-state index contributed by atoms with van der Waals surface area (Å²) in [6, 6.07) is 3.56. The quantitative estimate of drug-likeness (QED) is 0.614. The summed E-state index contributed by atoms with van der Waals surface area (Å²) in [5.74, 6) is 0.446. The highest BCUT2D eigenvalue weighted by molar-refractivity contribution is 5.17. The van der Waals surface area contributed by atoms with Crippen molar-refractivity contribution < 1.29 is 9.34 Å². The van der Waals surface area contributed by atoms with Crippen LogP contribution < -0.4 is 5.32 Å². The highest BCUT2D eigenvalue weighted by atomic mass is 16.6. The molecule has 1 aliphatic rings. The van der Waals surface area contributed by atoms with Crippen LogP contribution >= 0.6 is 0 Å².